The predicted molar refractivity (Wildman–Crippen MR) is 70.7 cm³/mol. The lowest BCUT2D eigenvalue weighted by molar-refractivity contribution is -0.142. The van der Waals surface area contributed by atoms with Crippen LogP contribution in [0.3, 0.4) is 0 Å². The molecule has 5 heteroatoms. The summed E-state index contributed by atoms with van der Waals surface area (Å²) in [6.07, 6.45) is 0.176. The van der Waals surface area contributed by atoms with Crippen molar-refractivity contribution in [1.82, 2.24) is 0 Å². The lowest BCUT2D eigenvalue weighted by atomic mass is 10.0. The predicted octanol–water partition coefficient (Wildman–Crippen LogP) is 2.57. The number of nitriles is 1. The van der Waals surface area contributed by atoms with Gasteiger partial charge in [-0.2, -0.15) is 5.26 Å². The Morgan fingerprint density at radius 2 is 2.22 bits per heavy atom. The third-order valence-electron chi connectivity index (χ3n) is 2.37. The molecule has 0 N–H and O–H groups in total. The van der Waals surface area contributed by atoms with Gasteiger partial charge in [-0.05, 0) is 24.1 Å². The highest BCUT2D eigenvalue weighted by atomic mass is 79.9. The highest BCUT2D eigenvalue weighted by molar-refractivity contribution is 9.08. The van der Waals surface area contributed by atoms with Crippen molar-refractivity contribution in [1.29, 1.82) is 5.26 Å². The van der Waals surface area contributed by atoms with Crippen LogP contribution >= 0.6 is 15.9 Å². The van der Waals surface area contributed by atoms with Crippen LogP contribution in [0.5, 0.6) is 5.75 Å². The Hall–Kier alpha value is -1.54. The first-order valence-corrected chi connectivity index (χ1v) is 6.59. The highest BCUT2D eigenvalue weighted by Crippen LogP contribution is 2.26. The first-order chi connectivity index (χ1) is 8.65. The summed E-state index contributed by atoms with van der Waals surface area (Å²) in [4.78, 5) is 11.4. The van der Waals surface area contributed by atoms with E-state index in [4.69, 9.17) is 14.7 Å². The maximum atomic E-state index is 11.4. The molecule has 4 nitrogen and oxygen atoms in total. The number of hydrogen-bond donors (Lipinski definition) is 0. The minimum absolute atomic E-state index is 0.176. The van der Waals surface area contributed by atoms with Crippen molar-refractivity contribution in [2.24, 2.45) is 0 Å². The van der Waals surface area contributed by atoms with Crippen LogP contribution in [0.2, 0.25) is 0 Å². The van der Waals surface area contributed by atoms with Gasteiger partial charge in [-0.1, -0.05) is 22.0 Å². The smallest absolute Gasteiger partial charge is 0.310 e. The van der Waals surface area contributed by atoms with Gasteiger partial charge in [-0.15, -0.1) is 0 Å². The fourth-order valence-electron chi connectivity index (χ4n) is 1.61. The molecule has 18 heavy (non-hydrogen) atoms. The molecule has 0 aliphatic rings. The molecule has 0 bridgehead atoms. The average molecular weight is 312 g/mol. The number of carbonyl (C=O) groups excluding carboxylic acids is 1. The molecule has 0 spiro atoms. The minimum atomic E-state index is -0.287. The lowest BCUT2D eigenvalue weighted by Gasteiger charge is -2.10. The third kappa shape index (κ3) is 3.47. The van der Waals surface area contributed by atoms with Crippen molar-refractivity contribution >= 4 is 21.9 Å². The quantitative estimate of drug-likeness (QED) is 0.619. The Balaban J connectivity index is 3.08. The van der Waals surface area contributed by atoms with Gasteiger partial charge in [-0.3, -0.25) is 4.79 Å². The second kappa shape index (κ2) is 7.02. The van der Waals surface area contributed by atoms with Crippen LogP contribution in [-0.4, -0.2) is 19.7 Å². The van der Waals surface area contributed by atoms with E-state index in [-0.39, 0.29) is 12.4 Å². The fourth-order valence-corrected chi connectivity index (χ4v) is 2.05. The van der Waals surface area contributed by atoms with E-state index < -0.39 is 0 Å². The number of nitrogens with zero attached hydrogens (tertiary/aromatic N) is 1. The molecule has 0 aromatic heterocycles. The van der Waals surface area contributed by atoms with Gasteiger partial charge in [0.25, 0.3) is 0 Å². The van der Waals surface area contributed by atoms with Gasteiger partial charge >= 0.3 is 5.97 Å². The molecule has 0 heterocycles. The molecule has 0 saturated carbocycles. The second-order valence-electron chi connectivity index (χ2n) is 3.56. The van der Waals surface area contributed by atoms with E-state index in [1.807, 2.05) is 6.07 Å². The zero-order chi connectivity index (χ0) is 13.5. The summed E-state index contributed by atoms with van der Waals surface area (Å²) in [6, 6.07) is 5.61. The van der Waals surface area contributed by atoms with Gasteiger partial charge in [-0.25, -0.2) is 0 Å². The van der Waals surface area contributed by atoms with Gasteiger partial charge in [0.15, 0.2) is 0 Å². The molecule has 0 fully saturated rings. The third-order valence-corrected chi connectivity index (χ3v) is 2.98. The van der Waals surface area contributed by atoms with Crippen molar-refractivity contribution < 1.29 is 14.3 Å². The average Bonchev–Trinajstić information content (AvgIpc) is 2.37. The molecular weight excluding hydrogens is 298 g/mol. The Morgan fingerprint density at radius 3 is 2.72 bits per heavy atom. The van der Waals surface area contributed by atoms with E-state index in [1.165, 1.54) is 7.11 Å². The summed E-state index contributed by atoms with van der Waals surface area (Å²) in [7, 11) is 1.50. The summed E-state index contributed by atoms with van der Waals surface area (Å²) >= 11 is 3.32. The molecule has 0 aliphatic carbocycles. The molecule has 0 amide bonds. The molecule has 0 saturated heterocycles. The molecule has 96 valence electrons. The zero-order valence-corrected chi connectivity index (χ0v) is 11.9. The van der Waals surface area contributed by atoms with Crippen molar-refractivity contribution in [2.75, 3.05) is 13.7 Å². The summed E-state index contributed by atoms with van der Waals surface area (Å²) in [6.45, 7) is 2.12. The number of benzene rings is 1. The van der Waals surface area contributed by atoms with Gasteiger partial charge in [0, 0.05) is 5.33 Å². The summed E-state index contributed by atoms with van der Waals surface area (Å²) in [5.41, 5.74) is 2.07. The number of hydrogen-bond acceptors (Lipinski definition) is 4. The maximum absolute atomic E-state index is 11.4. The number of esters is 1. The van der Waals surface area contributed by atoms with Crippen molar-refractivity contribution in [3.05, 3.63) is 28.8 Å². The van der Waals surface area contributed by atoms with Gasteiger partial charge < -0.3 is 9.47 Å². The molecule has 1 aromatic carbocycles. The van der Waals surface area contributed by atoms with Crippen LogP contribution in [0.4, 0.5) is 0 Å². The summed E-state index contributed by atoms with van der Waals surface area (Å²) in [5.74, 6) is 0.193. The van der Waals surface area contributed by atoms with Crippen LogP contribution < -0.4 is 4.74 Å². The van der Waals surface area contributed by atoms with E-state index in [9.17, 15) is 4.79 Å². The SMILES string of the molecule is CCOC(=O)Cc1cc(CBr)c(C#N)c(OC)c1. The second-order valence-corrected chi connectivity index (χ2v) is 4.12. The molecule has 0 unspecified atom stereocenters. The first-order valence-electron chi connectivity index (χ1n) is 5.47. The number of methoxy groups -OCH3 is 1. The standard InChI is InChI=1S/C13H14BrNO3/c1-3-18-13(16)6-9-4-10(7-14)11(8-15)12(5-9)17-2/h4-5H,3,6-7H2,1-2H3. The number of halogens is 1. The van der Waals surface area contributed by atoms with Crippen LogP contribution in [0.1, 0.15) is 23.6 Å². The molecule has 0 aliphatic heterocycles. The molecular formula is C13H14BrNO3. The normalized spacial score (nSPS) is 9.67. The largest absolute Gasteiger partial charge is 0.495 e. The summed E-state index contributed by atoms with van der Waals surface area (Å²) in [5, 5.41) is 9.61. The van der Waals surface area contributed by atoms with Crippen LogP contribution in [-0.2, 0) is 21.3 Å². The lowest BCUT2D eigenvalue weighted by Crippen LogP contribution is -2.08. The molecule has 0 atom stereocenters. The van der Waals surface area contributed by atoms with E-state index in [1.54, 1.807) is 13.0 Å². The Kier molecular flexibility index (Phi) is 5.66. The highest BCUT2D eigenvalue weighted by Gasteiger charge is 2.13. The summed E-state index contributed by atoms with van der Waals surface area (Å²) < 4.78 is 10.1. The van der Waals surface area contributed by atoms with Gasteiger partial charge in [0.1, 0.15) is 11.8 Å². The van der Waals surface area contributed by atoms with Crippen LogP contribution in [0.25, 0.3) is 0 Å². The van der Waals surface area contributed by atoms with Crippen molar-refractivity contribution in [2.45, 2.75) is 18.7 Å². The molecule has 1 rings (SSSR count). The number of carbonyl (C=O) groups is 1. The fraction of sp³-hybridized carbons (Fsp3) is 0.385. The van der Waals surface area contributed by atoms with Gasteiger partial charge in [0.2, 0.25) is 0 Å². The van der Waals surface area contributed by atoms with Crippen LogP contribution in [0, 0.1) is 11.3 Å². The number of alkyl halides is 1. The Morgan fingerprint density at radius 1 is 1.50 bits per heavy atom. The van der Waals surface area contributed by atoms with E-state index in [0.717, 1.165) is 11.1 Å². The Labute approximate surface area is 115 Å². The topological polar surface area (TPSA) is 59.3 Å². The Bertz CT molecular complexity index is 455. The first kappa shape index (κ1) is 14.5. The van der Waals surface area contributed by atoms with E-state index in [0.29, 0.717) is 23.2 Å². The number of ether oxygens (including phenoxy) is 2. The zero-order valence-electron chi connectivity index (χ0n) is 10.3. The maximum Gasteiger partial charge on any atom is 0.310 e. The number of rotatable bonds is 5. The minimum Gasteiger partial charge on any atom is -0.495 e. The van der Waals surface area contributed by atoms with E-state index in [2.05, 4.69) is 22.0 Å². The molecule has 0 radical (unpaired) electrons. The molecule has 1 aromatic rings. The monoisotopic (exact) mass is 311 g/mol. The van der Waals surface area contributed by atoms with Crippen molar-refractivity contribution in [3.63, 3.8) is 0 Å². The van der Waals surface area contributed by atoms with Gasteiger partial charge in [0.05, 0.1) is 25.7 Å². The van der Waals surface area contributed by atoms with Crippen LogP contribution in [0.15, 0.2) is 12.1 Å². The van der Waals surface area contributed by atoms with Crippen molar-refractivity contribution in [3.8, 4) is 11.8 Å². The van der Waals surface area contributed by atoms with E-state index >= 15 is 0 Å².